The maximum atomic E-state index is 12.6. The summed E-state index contributed by atoms with van der Waals surface area (Å²) in [6.45, 7) is 1.78. The van der Waals surface area contributed by atoms with E-state index in [9.17, 15) is 13.2 Å². The summed E-state index contributed by atoms with van der Waals surface area (Å²) in [6.07, 6.45) is -4.49. The van der Waals surface area contributed by atoms with Crippen LogP contribution in [-0.2, 0) is 6.18 Å². The van der Waals surface area contributed by atoms with Crippen molar-refractivity contribution in [2.24, 2.45) is 0 Å². The number of nitrogens with zero attached hydrogens (tertiary/aromatic N) is 1. The highest BCUT2D eigenvalue weighted by Gasteiger charge is 2.33. The molecule has 2 nitrogen and oxygen atoms in total. The van der Waals surface area contributed by atoms with Gasteiger partial charge in [0.05, 0.1) is 5.52 Å². The predicted octanol–water partition coefficient (Wildman–Crippen LogP) is 3.91. The van der Waals surface area contributed by atoms with Crippen LogP contribution < -0.4 is 5.73 Å². The van der Waals surface area contributed by atoms with Gasteiger partial charge in [0, 0.05) is 15.5 Å². The van der Waals surface area contributed by atoms with Crippen LogP contribution >= 0.6 is 15.9 Å². The maximum absolute atomic E-state index is 12.6. The van der Waals surface area contributed by atoms with Gasteiger partial charge in [0.1, 0.15) is 5.69 Å². The van der Waals surface area contributed by atoms with Crippen molar-refractivity contribution in [3.8, 4) is 0 Å². The van der Waals surface area contributed by atoms with Crippen LogP contribution in [0.2, 0.25) is 0 Å². The number of pyridine rings is 1. The Morgan fingerprint density at radius 2 is 1.94 bits per heavy atom. The van der Waals surface area contributed by atoms with Crippen molar-refractivity contribution < 1.29 is 13.2 Å². The maximum Gasteiger partial charge on any atom is 0.433 e. The Hall–Kier alpha value is -1.30. The van der Waals surface area contributed by atoms with Crippen LogP contribution in [0.15, 0.2) is 22.7 Å². The summed E-state index contributed by atoms with van der Waals surface area (Å²) in [5, 5.41) is 0.510. The molecule has 0 atom stereocenters. The molecule has 0 amide bonds. The highest BCUT2D eigenvalue weighted by atomic mass is 79.9. The zero-order chi connectivity index (χ0) is 12.8. The fraction of sp³-hybridized carbons (Fsp3) is 0.182. The molecular formula is C11H8BrF3N2. The Bertz CT molecular complexity index is 593. The summed E-state index contributed by atoms with van der Waals surface area (Å²) in [7, 11) is 0. The highest BCUT2D eigenvalue weighted by Crippen LogP contribution is 2.35. The molecule has 0 radical (unpaired) electrons. The Balaban J connectivity index is 2.84. The minimum absolute atomic E-state index is 0.0722. The Morgan fingerprint density at radius 1 is 1.29 bits per heavy atom. The number of alkyl halides is 3. The standard InChI is InChI=1S/C11H8BrF3N2/c1-5-2-3-6-7(16)4-8(11(13,14)15)17-10(6)9(5)12/h2-4H,1H3,(H2,16,17). The third-order valence-electron chi connectivity index (χ3n) is 2.44. The quantitative estimate of drug-likeness (QED) is 0.801. The molecule has 1 aromatic carbocycles. The van der Waals surface area contributed by atoms with E-state index in [4.69, 9.17) is 5.73 Å². The van der Waals surface area contributed by atoms with Crippen molar-refractivity contribution in [3.63, 3.8) is 0 Å². The minimum Gasteiger partial charge on any atom is -0.398 e. The number of rotatable bonds is 0. The van der Waals surface area contributed by atoms with Gasteiger partial charge in [0.2, 0.25) is 0 Å². The highest BCUT2D eigenvalue weighted by molar-refractivity contribution is 9.10. The lowest BCUT2D eigenvalue weighted by molar-refractivity contribution is -0.140. The number of benzene rings is 1. The minimum atomic E-state index is -4.49. The number of hydrogen-bond donors (Lipinski definition) is 1. The molecule has 1 aromatic heterocycles. The molecule has 0 aliphatic heterocycles. The van der Waals surface area contributed by atoms with Crippen molar-refractivity contribution in [1.29, 1.82) is 0 Å². The number of hydrogen-bond acceptors (Lipinski definition) is 2. The summed E-state index contributed by atoms with van der Waals surface area (Å²) < 4.78 is 38.3. The summed E-state index contributed by atoms with van der Waals surface area (Å²) in [4.78, 5) is 3.62. The average Bonchev–Trinajstić information content (AvgIpc) is 2.22. The van der Waals surface area contributed by atoms with E-state index < -0.39 is 11.9 Å². The lowest BCUT2D eigenvalue weighted by Crippen LogP contribution is -2.09. The molecule has 2 N–H and O–H groups in total. The second-order valence-corrected chi connectivity index (χ2v) is 4.48. The second kappa shape index (κ2) is 3.87. The Morgan fingerprint density at radius 3 is 2.53 bits per heavy atom. The third-order valence-corrected chi connectivity index (χ3v) is 3.44. The second-order valence-electron chi connectivity index (χ2n) is 3.69. The van der Waals surface area contributed by atoms with E-state index in [2.05, 4.69) is 20.9 Å². The molecule has 0 saturated heterocycles. The van der Waals surface area contributed by atoms with E-state index in [1.54, 1.807) is 19.1 Å². The first kappa shape index (κ1) is 12.2. The Kier molecular flexibility index (Phi) is 2.77. The number of fused-ring (bicyclic) bond motifs is 1. The van der Waals surface area contributed by atoms with Crippen molar-refractivity contribution in [3.05, 3.63) is 33.9 Å². The number of anilines is 1. The number of aryl methyl sites for hydroxylation is 1. The average molecular weight is 305 g/mol. The van der Waals surface area contributed by atoms with Gasteiger partial charge in [-0.15, -0.1) is 0 Å². The van der Waals surface area contributed by atoms with Gasteiger partial charge < -0.3 is 5.73 Å². The van der Waals surface area contributed by atoms with Gasteiger partial charge in [0.15, 0.2) is 0 Å². The van der Waals surface area contributed by atoms with Crippen LogP contribution in [0, 0.1) is 6.92 Å². The summed E-state index contributed by atoms with van der Waals surface area (Å²) in [6, 6.07) is 4.29. The molecular weight excluding hydrogens is 297 g/mol. The molecule has 1 heterocycles. The Labute approximate surface area is 104 Å². The number of halogens is 4. The number of nitrogen functional groups attached to an aromatic ring is 1. The fourth-order valence-electron chi connectivity index (χ4n) is 1.53. The van der Waals surface area contributed by atoms with E-state index in [0.717, 1.165) is 11.6 Å². The smallest absolute Gasteiger partial charge is 0.398 e. The van der Waals surface area contributed by atoms with Gasteiger partial charge in [-0.1, -0.05) is 12.1 Å². The molecule has 17 heavy (non-hydrogen) atoms. The van der Waals surface area contributed by atoms with Crippen LogP contribution in [0.4, 0.5) is 18.9 Å². The van der Waals surface area contributed by atoms with Crippen LogP contribution in [0.3, 0.4) is 0 Å². The van der Waals surface area contributed by atoms with E-state index in [0.29, 0.717) is 9.86 Å². The first-order chi connectivity index (χ1) is 7.80. The van der Waals surface area contributed by atoms with Gasteiger partial charge in [0.25, 0.3) is 0 Å². The van der Waals surface area contributed by atoms with Gasteiger partial charge >= 0.3 is 6.18 Å². The van der Waals surface area contributed by atoms with Crippen LogP contribution in [0.5, 0.6) is 0 Å². The first-order valence-corrected chi connectivity index (χ1v) is 5.52. The van der Waals surface area contributed by atoms with Gasteiger partial charge in [-0.25, -0.2) is 4.98 Å². The SMILES string of the molecule is Cc1ccc2c(N)cc(C(F)(F)F)nc2c1Br. The molecule has 0 unspecified atom stereocenters. The van der Waals surface area contributed by atoms with Crippen molar-refractivity contribution in [1.82, 2.24) is 4.98 Å². The molecule has 90 valence electrons. The van der Waals surface area contributed by atoms with Crippen molar-refractivity contribution >= 4 is 32.5 Å². The summed E-state index contributed by atoms with van der Waals surface area (Å²) in [5.41, 5.74) is 5.75. The van der Waals surface area contributed by atoms with Crippen molar-refractivity contribution in [2.75, 3.05) is 5.73 Å². The lowest BCUT2D eigenvalue weighted by Gasteiger charge is -2.11. The zero-order valence-electron chi connectivity index (χ0n) is 8.77. The van der Waals surface area contributed by atoms with Crippen molar-refractivity contribution in [2.45, 2.75) is 13.1 Å². The molecule has 6 heteroatoms. The molecule has 0 bridgehead atoms. The predicted molar refractivity (Wildman–Crippen MR) is 63.6 cm³/mol. The van der Waals surface area contributed by atoms with E-state index in [1.165, 1.54) is 0 Å². The fourth-order valence-corrected chi connectivity index (χ4v) is 1.97. The molecule has 0 aliphatic carbocycles. The lowest BCUT2D eigenvalue weighted by atomic mass is 10.1. The molecule has 2 rings (SSSR count). The number of nitrogens with two attached hydrogens (primary N) is 1. The molecule has 0 saturated carbocycles. The first-order valence-electron chi connectivity index (χ1n) is 4.73. The molecule has 0 fully saturated rings. The summed E-state index contributed by atoms with van der Waals surface area (Å²) in [5.74, 6) is 0. The largest absolute Gasteiger partial charge is 0.433 e. The monoisotopic (exact) mass is 304 g/mol. The van der Waals surface area contributed by atoms with Crippen LogP contribution in [-0.4, -0.2) is 4.98 Å². The van der Waals surface area contributed by atoms with E-state index in [1.807, 2.05) is 0 Å². The zero-order valence-corrected chi connectivity index (χ0v) is 10.4. The van der Waals surface area contributed by atoms with Crippen LogP contribution in [0.25, 0.3) is 10.9 Å². The molecule has 0 spiro atoms. The van der Waals surface area contributed by atoms with E-state index in [-0.39, 0.29) is 11.2 Å². The number of aromatic nitrogens is 1. The molecule has 0 aliphatic rings. The van der Waals surface area contributed by atoms with Gasteiger partial charge in [-0.05, 0) is 34.5 Å². The van der Waals surface area contributed by atoms with E-state index >= 15 is 0 Å². The van der Waals surface area contributed by atoms with Gasteiger partial charge in [-0.2, -0.15) is 13.2 Å². The van der Waals surface area contributed by atoms with Gasteiger partial charge in [-0.3, -0.25) is 0 Å². The van der Waals surface area contributed by atoms with Crippen LogP contribution in [0.1, 0.15) is 11.3 Å². The third kappa shape index (κ3) is 2.09. The molecule has 2 aromatic rings. The summed E-state index contributed by atoms with van der Waals surface area (Å²) >= 11 is 3.23. The topological polar surface area (TPSA) is 38.9 Å². The normalized spacial score (nSPS) is 12.1.